The van der Waals surface area contributed by atoms with Gasteiger partial charge in [0.05, 0.1) is 12.6 Å². The Morgan fingerprint density at radius 2 is 2.17 bits per heavy atom. The van der Waals surface area contributed by atoms with E-state index in [1.165, 1.54) is 12.8 Å². The number of likely N-dealkylation sites (tertiary alicyclic amines) is 1. The van der Waals surface area contributed by atoms with Gasteiger partial charge in [-0.1, -0.05) is 6.92 Å². The maximum absolute atomic E-state index is 9.75. The highest BCUT2D eigenvalue weighted by molar-refractivity contribution is 4.99. The summed E-state index contributed by atoms with van der Waals surface area (Å²) in [5, 5.41) is 18.4. The van der Waals surface area contributed by atoms with Crippen molar-refractivity contribution in [3.05, 3.63) is 11.6 Å². The monoisotopic (exact) mass is 250 g/mol. The molecule has 2 atom stereocenters. The van der Waals surface area contributed by atoms with Crippen molar-refractivity contribution in [2.45, 2.75) is 51.8 Å². The van der Waals surface area contributed by atoms with E-state index < -0.39 is 0 Å². The molecule has 18 heavy (non-hydrogen) atoms. The molecular weight excluding hydrogens is 228 g/mol. The van der Waals surface area contributed by atoms with Gasteiger partial charge in [-0.15, -0.1) is 10.2 Å². The first-order valence-corrected chi connectivity index (χ1v) is 7.05. The van der Waals surface area contributed by atoms with E-state index in [1.54, 1.807) is 0 Å². The topological polar surface area (TPSA) is 54.2 Å². The molecule has 3 rings (SSSR count). The third-order valence-electron chi connectivity index (χ3n) is 4.25. The summed E-state index contributed by atoms with van der Waals surface area (Å²) in [5.41, 5.74) is 0. The van der Waals surface area contributed by atoms with E-state index in [9.17, 15) is 5.11 Å². The predicted molar refractivity (Wildman–Crippen MR) is 68.0 cm³/mol. The smallest absolute Gasteiger partial charge is 0.147 e. The van der Waals surface area contributed by atoms with E-state index in [4.69, 9.17) is 0 Å². The standard InChI is InChI=1S/C13H22N4O/c1-10-8-16(7-5-11(10)18)9-13-15-14-12-4-2-3-6-17(12)13/h10-11,18H,2-9H2,1H3. The predicted octanol–water partition coefficient (Wildman–Crippen LogP) is 0.817. The summed E-state index contributed by atoms with van der Waals surface area (Å²) in [6, 6.07) is 0. The van der Waals surface area contributed by atoms with Crippen LogP contribution in [0.1, 0.15) is 37.8 Å². The molecule has 0 radical (unpaired) electrons. The number of fused-ring (bicyclic) bond motifs is 1. The van der Waals surface area contributed by atoms with E-state index in [1.807, 2.05) is 0 Å². The van der Waals surface area contributed by atoms with Crippen LogP contribution in [0.2, 0.25) is 0 Å². The van der Waals surface area contributed by atoms with Crippen LogP contribution < -0.4 is 0 Å². The van der Waals surface area contributed by atoms with Gasteiger partial charge in [0.25, 0.3) is 0 Å². The van der Waals surface area contributed by atoms with Gasteiger partial charge in [-0.2, -0.15) is 0 Å². The SMILES string of the molecule is CC1CN(Cc2nnc3n2CCCC3)CCC1O. The number of hydrogen-bond donors (Lipinski definition) is 1. The van der Waals surface area contributed by atoms with E-state index in [-0.39, 0.29) is 6.10 Å². The number of aliphatic hydroxyl groups excluding tert-OH is 1. The molecule has 2 aliphatic heterocycles. The summed E-state index contributed by atoms with van der Waals surface area (Å²) in [6.07, 6.45) is 4.30. The van der Waals surface area contributed by atoms with Crippen LogP contribution in [0.4, 0.5) is 0 Å². The third-order valence-corrected chi connectivity index (χ3v) is 4.25. The number of rotatable bonds is 2. The molecule has 5 heteroatoms. The summed E-state index contributed by atoms with van der Waals surface area (Å²) >= 11 is 0. The van der Waals surface area contributed by atoms with Crippen LogP contribution in [0, 0.1) is 5.92 Å². The van der Waals surface area contributed by atoms with Crippen molar-refractivity contribution >= 4 is 0 Å². The molecule has 0 bridgehead atoms. The summed E-state index contributed by atoms with van der Waals surface area (Å²) in [4.78, 5) is 2.39. The first-order valence-electron chi connectivity index (χ1n) is 7.05. The zero-order valence-electron chi connectivity index (χ0n) is 11.0. The van der Waals surface area contributed by atoms with Crippen molar-refractivity contribution in [1.29, 1.82) is 0 Å². The second kappa shape index (κ2) is 4.97. The highest BCUT2D eigenvalue weighted by Crippen LogP contribution is 2.20. The summed E-state index contributed by atoms with van der Waals surface area (Å²) < 4.78 is 2.29. The number of piperidine rings is 1. The lowest BCUT2D eigenvalue weighted by molar-refractivity contribution is 0.0306. The van der Waals surface area contributed by atoms with Gasteiger partial charge < -0.3 is 9.67 Å². The quantitative estimate of drug-likeness (QED) is 0.844. The molecule has 0 aliphatic carbocycles. The Bertz CT molecular complexity index is 417. The number of hydrogen-bond acceptors (Lipinski definition) is 4. The Labute approximate surface area is 108 Å². The highest BCUT2D eigenvalue weighted by Gasteiger charge is 2.26. The van der Waals surface area contributed by atoms with E-state index in [0.717, 1.165) is 50.7 Å². The maximum Gasteiger partial charge on any atom is 0.147 e. The van der Waals surface area contributed by atoms with Gasteiger partial charge in [0.1, 0.15) is 11.6 Å². The van der Waals surface area contributed by atoms with Crippen LogP contribution in [0.15, 0.2) is 0 Å². The number of aliphatic hydroxyl groups is 1. The van der Waals surface area contributed by atoms with Gasteiger partial charge in [0.15, 0.2) is 0 Å². The zero-order chi connectivity index (χ0) is 12.5. The molecule has 1 saturated heterocycles. The zero-order valence-corrected chi connectivity index (χ0v) is 11.0. The Morgan fingerprint density at radius 3 is 3.00 bits per heavy atom. The van der Waals surface area contributed by atoms with Crippen molar-refractivity contribution in [3.8, 4) is 0 Å². The Morgan fingerprint density at radius 1 is 1.28 bits per heavy atom. The van der Waals surface area contributed by atoms with Gasteiger partial charge >= 0.3 is 0 Å². The molecule has 0 aromatic carbocycles. The van der Waals surface area contributed by atoms with Crippen molar-refractivity contribution in [2.75, 3.05) is 13.1 Å². The van der Waals surface area contributed by atoms with Crippen molar-refractivity contribution < 1.29 is 5.11 Å². The van der Waals surface area contributed by atoms with Crippen molar-refractivity contribution in [2.24, 2.45) is 5.92 Å². The number of aryl methyl sites for hydroxylation is 1. The molecule has 1 aromatic heterocycles. The molecule has 2 aliphatic rings. The summed E-state index contributed by atoms with van der Waals surface area (Å²) in [7, 11) is 0. The van der Waals surface area contributed by atoms with Crippen molar-refractivity contribution in [1.82, 2.24) is 19.7 Å². The average molecular weight is 250 g/mol. The second-order valence-corrected chi connectivity index (χ2v) is 5.71. The molecule has 1 fully saturated rings. The normalized spacial score (nSPS) is 29.2. The molecule has 0 spiro atoms. The Kier molecular flexibility index (Phi) is 3.35. The minimum atomic E-state index is -0.131. The van der Waals surface area contributed by atoms with Crippen LogP contribution in [0.3, 0.4) is 0 Å². The molecule has 1 aromatic rings. The first-order chi connectivity index (χ1) is 8.74. The van der Waals surface area contributed by atoms with Crippen molar-refractivity contribution in [3.63, 3.8) is 0 Å². The highest BCUT2D eigenvalue weighted by atomic mass is 16.3. The lowest BCUT2D eigenvalue weighted by Gasteiger charge is -2.34. The minimum Gasteiger partial charge on any atom is -0.393 e. The van der Waals surface area contributed by atoms with Gasteiger partial charge in [0.2, 0.25) is 0 Å². The van der Waals surface area contributed by atoms with Crippen LogP contribution in [0.5, 0.6) is 0 Å². The molecule has 100 valence electrons. The fourth-order valence-electron chi connectivity index (χ4n) is 3.05. The Balaban J connectivity index is 1.68. The van der Waals surface area contributed by atoms with Crippen LogP contribution in [-0.2, 0) is 19.5 Å². The van der Waals surface area contributed by atoms with Gasteiger partial charge in [-0.05, 0) is 25.2 Å². The van der Waals surface area contributed by atoms with E-state index in [2.05, 4.69) is 26.6 Å². The number of nitrogens with zero attached hydrogens (tertiary/aromatic N) is 4. The third kappa shape index (κ3) is 2.29. The molecule has 5 nitrogen and oxygen atoms in total. The lowest BCUT2D eigenvalue weighted by atomic mass is 9.97. The van der Waals surface area contributed by atoms with Gasteiger partial charge in [-0.25, -0.2) is 0 Å². The maximum atomic E-state index is 9.75. The van der Waals surface area contributed by atoms with Crippen LogP contribution in [0.25, 0.3) is 0 Å². The second-order valence-electron chi connectivity index (χ2n) is 5.71. The van der Waals surface area contributed by atoms with Gasteiger partial charge in [0, 0.05) is 26.1 Å². The van der Waals surface area contributed by atoms with Crippen LogP contribution in [-0.4, -0.2) is 44.0 Å². The molecule has 0 amide bonds. The first kappa shape index (κ1) is 12.1. The summed E-state index contributed by atoms with van der Waals surface area (Å²) in [5.74, 6) is 2.62. The van der Waals surface area contributed by atoms with Gasteiger partial charge in [-0.3, -0.25) is 4.90 Å². The Hall–Kier alpha value is -0.940. The molecular formula is C13H22N4O. The molecule has 2 unspecified atom stereocenters. The largest absolute Gasteiger partial charge is 0.393 e. The van der Waals surface area contributed by atoms with E-state index >= 15 is 0 Å². The minimum absolute atomic E-state index is 0.131. The average Bonchev–Trinajstić information content (AvgIpc) is 2.78. The lowest BCUT2D eigenvalue weighted by Crippen LogP contribution is -2.41. The van der Waals surface area contributed by atoms with E-state index in [0.29, 0.717) is 5.92 Å². The number of aromatic nitrogens is 3. The molecule has 3 heterocycles. The van der Waals surface area contributed by atoms with Crippen LogP contribution >= 0.6 is 0 Å². The fourth-order valence-corrected chi connectivity index (χ4v) is 3.05. The summed E-state index contributed by atoms with van der Waals surface area (Å²) in [6.45, 7) is 6.00. The fraction of sp³-hybridized carbons (Fsp3) is 0.846. The molecule has 0 saturated carbocycles. The molecule has 1 N–H and O–H groups in total.